The summed E-state index contributed by atoms with van der Waals surface area (Å²) in [7, 11) is 0. The molecule has 132 valence electrons. The summed E-state index contributed by atoms with van der Waals surface area (Å²) in [5.41, 5.74) is 0.0693. The molecular formula is C17H19ClN3O3S+. The average molecular weight is 381 g/mol. The molecule has 0 saturated carbocycles. The molecule has 2 atom stereocenters. The normalized spacial score (nSPS) is 13.0. The number of amides is 1. The molecule has 1 aromatic carbocycles. The van der Waals surface area contributed by atoms with Crippen molar-refractivity contribution in [2.24, 2.45) is 0 Å². The summed E-state index contributed by atoms with van der Waals surface area (Å²) in [6.07, 6.45) is 1.75. The molecule has 1 amide bonds. The molecule has 2 rings (SSSR count). The van der Waals surface area contributed by atoms with E-state index in [2.05, 4.69) is 11.9 Å². The van der Waals surface area contributed by atoms with E-state index in [-0.39, 0.29) is 17.3 Å². The quantitative estimate of drug-likeness (QED) is 0.420. The van der Waals surface area contributed by atoms with Crippen molar-refractivity contribution in [3.8, 4) is 0 Å². The highest BCUT2D eigenvalue weighted by atomic mass is 35.5. The van der Waals surface area contributed by atoms with Crippen LogP contribution >= 0.6 is 22.9 Å². The number of benzene rings is 1. The van der Waals surface area contributed by atoms with Crippen LogP contribution in [0.5, 0.6) is 0 Å². The summed E-state index contributed by atoms with van der Waals surface area (Å²) in [6.45, 7) is 6.74. The topological polar surface area (TPSA) is 76.7 Å². The van der Waals surface area contributed by atoms with Gasteiger partial charge in [-0.05, 0) is 31.2 Å². The van der Waals surface area contributed by atoms with Crippen LogP contribution in [0.3, 0.4) is 0 Å². The maximum absolute atomic E-state index is 12.6. The van der Waals surface area contributed by atoms with Gasteiger partial charge in [-0.15, -0.1) is 11.3 Å². The Morgan fingerprint density at radius 2 is 2.16 bits per heavy atom. The number of nitrogens with zero attached hydrogens (tertiary/aromatic N) is 1. The zero-order chi connectivity index (χ0) is 18.4. The van der Waals surface area contributed by atoms with Crippen molar-refractivity contribution < 1.29 is 14.6 Å². The van der Waals surface area contributed by atoms with Gasteiger partial charge in [-0.3, -0.25) is 14.9 Å². The van der Waals surface area contributed by atoms with Crippen molar-refractivity contribution in [2.75, 3.05) is 11.9 Å². The highest BCUT2D eigenvalue weighted by Crippen LogP contribution is 2.23. The molecule has 6 nitrogen and oxygen atoms in total. The second-order valence-electron chi connectivity index (χ2n) is 5.52. The molecule has 0 aliphatic heterocycles. The Hall–Kier alpha value is -2.22. The summed E-state index contributed by atoms with van der Waals surface area (Å²) in [5.74, 6) is -0.284. The third-order valence-corrected chi connectivity index (χ3v) is 5.03. The fourth-order valence-electron chi connectivity index (χ4n) is 2.42. The van der Waals surface area contributed by atoms with Gasteiger partial charge in [0, 0.05) is 6.07 Å². The number of hydrogen-bond acceptors (Lipinski definition) is 4. The first kappa shape index (κ1) is 19.1. The van der Waals surface area contributed by atoms with E-state index >= 15 is 0 Å². The first-order valence-corrected chi connectivity index (χ1v) is 8.85. The van der Waals surface area contributed by atoms with Gasteiger partial charge in [0.25, 0.3) is 11.6 Å². The zero-order valence-corrected chi connectivity index (χ0v) is 15.3. The van der Waals surface area contributed by atoms with Crippen LogP contribution in [0.4, 0.5) is 11.4 Å². The number of halogens is 1. The fraction of sp³-hybridized carbons (Fsp3) is 0.235. The van der Waals surface area contributed by atoms with Crippen LogP contribution in [0, 0.1) is 10.1 Å². The lowest BCUT2D eigenvalue weighted by molar-refractivity contribution is -0.921. The highest BCUT2D eigenvalue weighted by Gasteiger charge is 2.26. The number of hydrogen-bond donors (Lipinski definition) is 2. The van der Waals surface area contributed by atoms with Crippen molar-refractivity contribution in [1.29, 1.82) is 0 Å². The standard InChI is InChI=1S/C17H18ClN3O3S/c1-3-10-20(11-13-8-9-16(18)25-13)12(2)17(22)19-14-6-4-5-7-15(14)21(23)24/h3-9,12H,1,10-11H2,2H3,(H,19,22)/p+1/t12-/m1/s1. The molecule has 0 saturated heterocycles. The van der Waals surface area contributed by atoms with Crippen LogP contribution < -0.4 is 10.2 Å². The summed E-state index contributed by atoms with van der Waals surface area (Å²) in [6, 6.07) is 9.44. The van der Waals surface area contributed by atoms with Gasteiger partial charge in [0.1, 0.15) is 12.2 Å². The summed E-state index contributed by atoms with van der Waals surface area (Å²) in [4.78, 5) is 25.2. The lowest BCUT2D eigenvalue weighted by Crippen LogP contribution is -3.15. The molecule has 0 aliphatic carbocycles. The monoisotopic (exact) mass is 380 g/mol. The molecule has 1 unspecified atom stereocenters. The van der Waals surface area contributed by atoms with Crippen LogP contribution in [-0.4, -0.2) is 23.4 Å². The van der Waals surface area contributed by atoms with Crippen molar-refractivity contribution in [1.82, 2.24) is 0 Å². The van der Waals surface area contributed by atoms with E-state index in [0.717, 1.165) is 9.78 Å². The van der Waals surface area contributed by atoms with E-state index in [1.807, 2.05) is 12.1 Å². The van der Waals surface area contributed by atoms with E-state index in [4.69, 9.17) is 11.6 Å². The zero-order valence-electron chi connectivity index (χ0n) is 13.7. The first-order valence-electron chi connectivity index (χ1n) is 7.66. The van der Waals surface area contributed by atoms with Gasteiger partial charge in [-0.2, -0.15) is 0 Å². The Kier molecular flexibility index (Phi) is 6.69. The van der Waals surface area contributed by atoms with Crippen LogP contribution in [-0.2, 0) is 11.3 Å². The molecule has 2 aromatic rings. The molecular weight excluding hydrogens is 362 g/mol. The van der Waals surface area contributed by atoms with Crippen LogP contribution in [0.1, 0.15) is 11.8 Å². The number of carbonyl (C=O) groups is 1. The van der Waals surface area contributed by atoms with Crippen molar-refractivity contribution in [3.63, 3.8) is 0 Å². The van der Waals surface area contributed by atoms with Gasteiger partial charge in [0.2, 0.25) is 0 Å². The number of thiophene rings is 1. The SMILES string of the molecule is C=CC[NH+](Cc1ccc(Cl)s1)[C@H](C)C(=O)Nc1ccccc1[N+](=O)[O-]. The molecule has 1 heterocycles. The molecule has 0 radical (unpaired) electrons. The lowest BCUT2D eigenvalue weighted by Gasteiger charge is -2.23. The van der Waals surface area contributed by atoms with Crippen LogP contribution in [0.2, 0.25) is 4.34 Å². The third kappa shape index (κ3) is 5.12. The maximum Gasteiger partial charge on any atom is 0.292 e. The fourth-order valence-corrected chi connectivity index (χ4v) is 3.56. The molecule has 0 aliphatic rings. The number of para-hydroxylation sites is 2. The Morgan fingerprint density at radius 3 is 2.76 bits per heavy atom. The Labute approximate surface area is 154 Å². The van der Waals surface area contributed by atoms with Crippen molar-refractivity contribution in [3.05, 3.63) is 68.4 Å². The predicted octanol–water partition coefficient (Wildman–Crippen LogP) is 2.91. The Balaban J connectivity index is 2.13. The molecule has 8 heteroatoms. The number of nitrogens with one attached hydrogen (secondary N) is 2. The first-order chi connectivity index (χ1) is 11.9. The minimum absolute atomic E-state index is 0.127. The molecule has 0 spiro atoms. The summed E-state index contributed by atoms with van der Waals surface area (Å²) < 4.78 is 0.699. The van der Waals surface area contributed by atoms with Gasteiger partial charge in [-0.1, -0.05) is 30.3 Å². The molecule has 1 aromatic heterocycles. The Bertz CT molecular complexity index is 778. The number of carbonyl (C=O) groups excluding carboxylic acids is 1. The van der Waals surface area contributed by atoms with E-state index in [9.17, 15) is 14.9 Å². The van der Waals surface area contributed by atoms with E-state index in [0.29, 0.717) is 17.4 Å². The van der Waals surface area contributed by atoms with E-state index < -0.39 is 11.0 Å². The molecule has 0 fully saturated rings. The van der Waals surface area contributed by atoms with Crippen molar-refractivity contribution in [2.45, 2.75) is 19.5 Å². The second kappa shape index (κ2) is 8.75. The summed E-state index contributed by atoms with van der Waals surface area (Å²) in [5, 5.41) is 13.7. The maximum atomic E-state index is 12.6. The van der Waals surface area contributed by atoms with Gasteiger partial charge in [0.05, 0.1) is 20.7 Å². The molecule has 2 N–H and O–H groups in total. The summed E-state index contributed by atoms with van der Waals surface area (Å²) >= 11 is 7.43. The number of rotatable bonds is 8. The van der Waals surface area contributed by atoms with E-state index in [1.54, 1.807) is 25.1 Å². The minimum Gasteiger partial charge on any atom is -0.317 e. The minimum atomic E-state index is -0.512. The van der Waals surface area contributed by atoms with Crippen molar-refractivity contribution >= 4 is 40.2 Å². The third-order valence-electron chi connectivity index (χ3n) is 3.80. The van der Waals surface area contributed by atoms with Gasteiger partial charge in [0.15, 0.2) is 6.04 Å². The van der Waals surface area contributed by atoms with E-state index in [1.165, 1.54) is 23.5 Å². The molecule has 25 heavy (non-hydrogen) atoms. The Morgan fingerprint density at radius 1 is 1.44 bits per heavy atom. The van der Waals surface area contributed by atoms with Gasteiger partial charge >= 0.3 is 0 Å². The highest BCUT2D eigenvalue weighted by molar-refractivity contribution is 7.16. The predicted molar refractivity (Wildman–Crippen MR) is 100 cm³/mol. The van der Waals surface area contributed by atoms with Crippen LogP contribution in [0.25, 0.3) is 0 Å². The molecule has 0 bridgehead atoms. The second-order valence-corrected chi connectivity index (χ2v) is 7.32. The largest absolute Gasteiger partial charge is 0.317 e. The number of nitro groups is 1. The van der Waals surface area contributed by atoms with Gasteiger partial charge in [-0.25, -0.2) is 0 Å². The number of nitro benzene ring substituents is 1. The number of quaternary nitrogens is 1. The average Bonchev–Trinajstić information content (AvgIpc) is 2.99. The van der Waals surface area contributed by atoms with Crippen LogP contribution in [0.15, 0.2) is 49.1 Å². The smallest absolute Gasteiger partial charge is 0.292 e. The van der Waals surface area contributed by atoms with Gasteiger partial charge < -0.3 is 10.2 Å². The number of anilines is 1. The lowest BCUT2D eigenvalue weighted by atomic mass is 10.2.